The van der Waals surface area contributed by atoms with Gasteiger partial charge in [0.15, 0.2) is 0 Å². The van der Waals surface area contributed by atoms with E-state index in [4.69, 9.17) is 10.5 Å². The maximum absolute atomic E-state index is 15.5. The number of rotatable bonds is 2. The van der Waals surface area contributed by atoms with Crippen LogP contribution in [0.5, 0.6) is 0 Å². The normalized spacial score (nSPS) is 15.1. The highest BCUT2D eigenvalue weighted by Gasteiger charge is 2.26. The molecule has 1 unspecified atom stereocenters. The Morgan fingerprint density at radius 3 is 2.82 bits per heavy atom. The molecule has 166 valence electrons. The van der Waals surface area contributed by atoms with Gasteiger partial charge in [-0.1, -0.05) is 36.4 Å². The summed E-state index contributed by atoms with van der Waals surface area (Å²) in [6, 6.07) is 16.9. The van der Waals surface area contributed by atoms with Gasteiger partial charge in [-0.25, -0.2) is 9.37 Å². The number of nitrogens with zero attached hydrogens (tertiary/aromatic N) is 4. The Labute approximate surface area is 195 Å². The molecular weight excluding hydrogens is 429 g/mol. The number of nitrogens with two attached hydrogens (primary N) is 1. The van der Waals surface area contributed by atoms with Gasteiger partial charge in [-0.2, -0.15) is 10.4 Å². The SMILES string of the molecule is CC1OCc2c1c(N)nc1cc(-c3cnn(C)c3-c3c(F)cc4ccccc4c3C#N)ccc21. The number of hydrogen-bond donors (Lipinski definition) is 1. The smallest absolute Gasteiger partial charge is 0.134 e. The number of nitriles is 1. The molecule has 0 amide bonds. The Kier molecular flexibility index (Phi) is 4.41. The molecule has 0 spiro atoms. The van der Waals surface area contributed by atoms with Gasteiger partial charge < -0.3 is 10.5 Å². The highest BCUT2D eigenvalue weighted by Crippen LogP contribution is 2.41. The molecule has 3 heterocycles. The summed E-state index contributed by atoms with van der Waals surface area (Å²) in [4.78, 5) is 4.63. The van der Waals surface area contributed by atoms with Crippen LogP contribution in [0.3, 0.4) is 0 Å². The summed E-state index contributed by atoms with van der Waals surface area (Å²) in [5.41, 5.74) is 11.6. The molecule has 0 fully saturated rings. The van der Waals surface area contributed by atoms with Crippen LogP contribution >= 0.6 is 0 Å². The highest BCUT2D eigenvalue weighted by atomic mass is 19.1. The van der Waals surface area contributed by atoms with Crippen molar-refractivity contribution in [2.24, 2.45) is 7.05 Å². The number of hydrogen-bond acceptors (Lipinski definition) is 5. The number of anilines is 1. The molecule has 2 N–H and O–H groups in total. The highest BCUT2D eigenvalue weighted by molar-refractivity contribution is 5.98. The predicted octanol–water partition coefficient (Wildman–Crippen LogP) is 5.64. The van der Waals surface area contributed by atoms with Gasteiger partial charge in [0.1, 0.15) is 17.7 Å². The molecule has 0 saturated heterocycles. The maximum atomic E-state index is 15.5. The van der Waals surface area contributed by atoms with Crippen LogP contribution in [0.1, 0.15) is 29.7 Å². The van der Waals surface area contributed by atoms with Gasteiger partial charge in [-0.15, -0.1) is 0 Å². The van der Waals surface area contributed by atoms with Crippen LogP contribution in [-0.2, 0) is 18.4 Å². The van der Waals surface area contributed by atoms with Gasteiger partial charge in [0, 0.05) is 28.9 Å². The zero-order valence-corrected chi connectivity index (χ0v) is 18.6. The average molecular weight is 449 g/mol. The van der Waals surface area contributed by atoms with E-state index in [0.717, 1.165) is 27.6 Å². The van der Waals surface area contributed by atoms with Crippen molar-refractivity contribution < 1.29 is 9.13 Å². The number of aryl methyl sites for hydroxylation is 1. The number of pyridine rings is 1. The van der Waals surface area contributed by atoms with Gasteiger partial charge in [-0.05, 0) is 35.6 Å². The Morgan fingerprint density at radius 2 is 2.00 bits per heavy atom. The van der Waals surface area contributed by atoms with Crippen LogP contribution in [0.25, 0.3) is 44.1 Å². The third kappa shape index (κ3) is 2.82. The number of benzene rings is 3. The van der Waals surface area contributed by atoms with Crippen molar-refractivity contribution in [2.45, 2.75) is 19.6 Å². The molecule has 0 aliphatic carbocycles. The molecule has 5 aromatic rings. The minimum atomic E-state index is -0.466. The Hall–Kier alpha value is -4.28. The lowest BCUT2D eigenvalue weighted by Gasteiger charge is -2.13. The third-order valence-corrected chi connectivity index (χ3v) is 6.65. The van der Waals surface area contributed by atoms with Crippen molar-refractivity contribution in [3.05, 3.63) is 77.2 Å². The van der Waals surface area contributed by atoms with Gasteiger partial charge in [0.05, 0.1) is 41.2 Å². The molecular formula is C27H20FN5O. The first-order valence-corrected chi connectivity index (χ1v) is 11.0. The van der Waals surface area contributed by atoms with E-state index in [1.165, 1.54) is 6.07 Å². The Balaban J connectivity index is 1.60. The predicted molar refractivity (Wildman–Crippen MR) is 129 cm³/mol. The molecule has 6 nitrogen and oxygen atoms in total. The summed E-state index contributed by atoms with van der Waals surface area (Å²) in [5.74, 6) is -0.00406. The molecule has 0 radical (unpaired) electrons. The molecule has 34 heavy (non-hydrogen) atoms. The molecule has 1 atom stereocenters. The van der Waals surface area contributed by atoms with Crippen molar-refractivity contribution >= 4 is 27.5 Å². The lowest BCUT2D eigenvalue weighted by atomic mass is 9.93. The molecule has 6 rings (SSSR count). The standard InChI is InChI=1S/C27H20FN5O/c1-14-24-21(13-34-14)18-8-7-16(10-23(18)32-27(24)30)20-12-31-33(2)26(20)25-19(11-29)17-6-4-3-5-15(17)9-22(25)28/h3-10,12,14H,13H2,1-2H3,(H2,30,32). The van der Waals surface area contributed by atoms with Crippen LogP contribution in [0, 0.1) is 17.1 Å². The van der Waals surface area contributed by atoms with Crippen molar-refractivity contribution in [2.75, 3.05) is 5.73 Å². The minimum absolute atomic E-state index is 0.0863. The minimum Gasteiger partial charge on any atom is -0.383 e. The first kappa shape index (κ1) is 20.3. The molecule has 7 heteroatoms. The summed E-state index contributed by atoms with van der Waals surface area (Å²) >= 11 is 0. The number of nitrogen functional groups attached to an aromatic ring is 1. The summed E-state index contributed by atoms with van der Waals surface area (Å²) < 4.78 is 22.8. The molecule has 0 bridgehead atoms. The topological polar surface area (TPSA) is 89.8 Å². The summed E-state index contributed by atoms with van der Waals surface area (Å²) in [6.45, 7) is 2.46. The first-order valence-electron chi connectivity index (χ1n) is 11.0. The number of fused-ring (bicyclic) bond motifs is 4. The quantitative estimate of drug-likeness (QED) is 0.377. The Bertz CT molecular complexity index is 1680. The van der Waals surface area contributed by atoms with Crippen LogP contribution in [0.2, 0.25) is 0 Å². The fraction of sp³-hybridized carbons (Fsp3) is 0.148. The van der Waals surface area contributed by atoms with Crippen molar-refractivity contribution in [3.63, 3.8) is 0 Å². The van der Waals surface area contributed by atoms with E-state index in [0.29, 0.717) is 34.5 Å². The Morgan fingerprint density at radius 1 is 1.18 bits per heavy atom. The zero-order chi connectivity index (χ0) is 23.6. The molecule has 3 aromatic carbocycles. The van der Waals surface area contributed by atoms with Crippen LogP contribution in [0.4, 0.5) is 10.2 Å². The van der Waals surface area contributed by atoms with Gasteiger partial charge >= 0.3 is 0 Å². The fourth-order valence-electron chi connectivity index (χ4n) is 5.04. The van der Waals surface area contributed by atoms with Gasteiger partial charge in [0.25, 0.3) is 0 Å². The summed E-state index contributed by atoms with van der Waals surface area (Å²) in [6.07, 6.45) is 1.60. The first-order chi connectivity index (χ1) is 16.5. The average Bonchev–Trinajstić information content (AvgIpc) is 3.41. The lowest BCUT2D eigenvalue weighted by Crippen LogP contribution is -2.02. The van der Waals surface area contributed by atoms with E-state index in [9.17, 15) is 5.26 Å². The second-order valence-corrected chi connectivity index (χ2v) is 8.55. The molecule has 2 aromatic heterocycles. The van der Waals surface area contributed by atoms with Crippen LogP contribution < -0.4 is 5.73 Å². The number of halogens is 1. The van der Waals surface area contributed by atoms with E-state index < -0.39 is 5.82 Å². The van der Waals surface area contributed by atoms with Crippen LogP contribution in [0.15, 0.2) is 54.7 Å². The third-order valence-electron chi connectivity index (χ3n) is 6.65. The van der Waals surface area contributed by atoms with E-state index >= 15 is 4.39 Å². The van der Waals surface area contributed by atoms with Crippen molar-refractivity contribution in [1.29, 1.82) is 5.26 Å². The zero-order valence-electron chi connectivity index (χ0n) is 18.6. The van der Waals surface area contributed by atoms with E-state index in [2.05, 4.69) is 16.2 Å². The van der Waals surface area contributed by atoms with Gasteiger partial charge in [0.2, 0.25) is 0 Å². The van der Waals surface area contributed by atoms with Gasteiger partial charge in [-0.3, -0.25) is 4.68 Å². The second-order valence-electron chi connectivity index (χ2n) is 8.55. The monoisotopic (exact) mass is 449 g/mol. The van der Waals surface area contributed by atoms with E-state index in [-0.39, 0.29) is 17.2 Å². The number of aromatic nitrogens is 3. The van der Waals surface area contributed by atoms with Crippen molar-refractivity contribution in [3.8, 4) is 28.5 Å². The molecule has 1 aliphatic heterocycles. The van der Waals surface area contributed by atoms with Crippen molar-refractivity contribution in [1.82, 2.24) is 14.8 Å². The van der Waals surface area contributed by atoms with Crippen LogP contribution in [-0.4, -0.2) is 14.8 Å². The number of ether oxygens (including phenoxy) is 1. The largest absolute Gasteiger partial charge is 0.383 e. The van der Waals surface area contributed by atoms with E-state index in [1.54, 1.807) is 24.0 Å². The molecule has 0 saturated carbocycles. The van der Waals surface area contributed by atoms with E-state index in [1.807, 2.05) is 43.3 Å². The second kappa shape index (κ2) is 7.37. The summed E-state index contributed by atoms with van der Waals surface area (Å²) in [5, 5.41) is 16.8. The summed E-state index contributed by atoms with van der Waals surface area (Å²) in [7, 11) is 1.75. The lowest BCUT2D eigenvalue weighted by molar-refractivity contribution is 0.0801. The maximum Gasteiger partial charge on any atom is 0.134 e. The fourth-order valence-corrected chi connectivity index (χ4v) is 5.04. The molecule has 1 aliphatic rings.